The molecule has 0 heterocycles. The molecular weight excluding hydrogens is 202 g/mol. The van der Waals surface area contributed by atoms with Crippen LogP contribution in [0.15, 0.2) is 0 Å². The van der Waals surface area contributed by atoms with Gasteiger partial charge in [0.25, 0.3) is 0 Å². The van der Waals surface area contributed by atoms with Crippen molar-refractivity contribution in [3.05, 3.63) is 0 Å². The molecule has 0 spiro atoms. The van der Waals surface area contributed by atoms with Gasteiger partial charge in [0.15, 0.2) is 5.05 Å². The molecule has 0 rings (SSSR count). The molecule has 0 saturated heterocycles. The second-order valence-corrected chi connectivity index (χ2v) is 3.61. The highest BCUT2D eigenvalue weighted by Crippen LogP contribution is 2.10. The highest BCUT2D eigenvalue weighted by molar-refractivity contribution is 7.82. The maximum Gasteiger partial charge on any atom is 0.173 e. The van der Waals surface area contributed by atoms with Gasteiger partial charge in [-0.1, -0.05) is 19.1 Å². The number of thiocarbonyl (C=S) groups is 2. The molecule has 4 heteroatoms. The first kappa shape index (κ1) is 12.7. The number of rotatable bonds is 5. The molecule has 0 aliphatic carbocycles. The van der Waals surface area contributed by atoms with E-state index in [2.05, 4.69) is 0 Å². The first-order chi connectivity index (χ1) is 6.04. The zero-order chi connectivity index (χ0) is 10.4. The Hall–Kier alpha value is -0.350. The van der Waals surface area contributed by atoms with Gasteiger partial charge in [-0.15, -0.1) is 0 Å². The predicted molar refractivity (Wildman–Crippen MR) is 64.0 cm³/mol. The van der Waals surface area contributed by atoms with Crippen LogP contribution in [0.25, 0.3) is 0 Å². The Balaban J connectivity index is 4.51. The monoisotopic (exact) mass is 217 g/mol. The molecule has 1 N–H and O–H groups in total. The zero-order valence-electron chi connectivity index (χ0n) is 8.22. The molecule has 74 valence electrons. The maximum absolute atomic E-state index is 7.54. The number of ether oxygens (including phenoxy) is 1. The molecule has 0 bridgehead atoms. The lowest BCUT2D eigenvalue weighted by atomic mass is 9.99. The van der Waals surface area contributed by atoms with Crippen molar-refractivity contribution < 1.29 is 4.74 Å². The van der Waals surface area contributed by atoms with Crippen LogP contribution in [-0.2, 0) is 4.74 Å². The number of hydrogen-bond acceptors (Lipinski definition) is 4. The molecular formula is C9H15NOS2. The lowest BCUT2D eigenvalue weighted by Crippen LogP contribution is -2.29. The van der Waals surface area contributed by atoms with Crippen LogP contribution in [0.2, 0.25) is 0 Å². The van der Waals surface area contributed by atoms with E-state index in [1.54, 1.807) is 6.92 Å². The van der Waals surface area contributed by atoms with Crippen molar-refractivity contribution in [2.45, 2.75) is 27.2 Å². The molecule has 1 unspecified atom stereocenters. The van der Waals surface area contributed by atoms with Crippen LogP contribution in [0.1, 0.15) is 27.2 Å². The summed E-state index contributed by atoms with van der Waals surface area (Å²) in [5.74, 6) is -0.255. The largest absolute Gasteiger partial charge is 0.486 e. The van der Waals surface area contributed by atoms with Crippen molar-refractivity contribution in [3.63, 3.8) is 0 Å². The Labute approximate surface area is 90.2 Å². The molecule has 0 aliphatic rings. The third kappa shape index (κ3) is 3.91. The summed E-state index contributed by atoms with van der Waals surface area (Å²) in [6, 6.07) is 0. The molecule has 0 aromatic carbocycles. The second kappa shape index (κ2) is 6.16. The second-order valence-electron chi connectivity index (χ2n) is 2.69. The Morgan fingerprint density at radius 1 is 1.38 bits per heavy atom. The average molecular weight is 217 g/mol. The van der Waals surface area contributed by atoms with E-state index in [1.165, 1.54) is 0 Å². The summed E-state index contributed by atoms with van der Waals surface area (Å²) in [4.78, 5) is 0.783. The minimum absolute atomic E-state index is 0.255. The summed E-state index contributed by atoms with van der Waals surface area (Å²) in [5.41, 5.74) is 0.463. The molecule has 0 amide bonds. The number of hydrogen-bond donors (Lipinski definition) is 1. The summed E-state index contributed by atoms with van der Waals surface area (Å²) < 4.78 is 5.19. The van der Waals surface area contributed by atoms with Crippen LogP contribution in [0.4, 0.5) is 0 Å². The summed E-state index contributed by atoms with van der Waals surface area (Å²) in [7, 11) is 0. The molecule has 0 fully saturated rings. The molecule has 0 radical (unpaired) electrons. The standard InChI is InChI=1S/C9H15NOS2/c1-4-7(12)8(6(3)10)9(13)11-5-2/h8,10H,4-5H2,1-3H3. The first-order valence-corrected chi connectivity index (χ1v) is 5.10. The Morgan fingerprint density at radius 3 is 2.23 bits per heavy atom. The van der Waals surface area contributed by atoms with Crippen molar-refractivity contribution in [2.24, 2.45) is 5.92 Å². The lowest BCUT2D eigenvalue weighted by molar-refractivity contribution is 0.327. The van der Waals surface area contributed by atoms with Gasteiger partial charge >= 0.3 is 0 Å². The van der Waals surface area contributed by atoms with Crippen LogP contribution in [-0.4, -0.2) is 22.2 Å². The van der Waals surface area contributed by atoms with Gasteiger partial charge in [0.2, 0.25) is 0 Å². The minimum Gasteiger partial charge on any atom is -0.486 e. The summed E-state index contributed by atoms with van der Waals surface area (Å²) in [6.07, 6.45) is 0.753. The first-order valence-electron chi connectivity index (χ1n) is 4.28. The average Bonchev–Trinajstić information content (AvgIpc) is 2.04. The third-order valence-electron chi connectivity index (χ3n) is 1.63. The van der Waals surface area contributed by atoms with Crippen molar-refractivity contribution in [1.29, 1.82) is 5.41 Å². The van der Waals surface area contributed by atoms with Crippen LogP contribution in [0.5, 0.6) is 0 Å². The van der Waals surface area contributed by atoms with Crippen LogP contribution < -0.4 is 0 Å². The molecule has 0 aromatic rings. The lowest BCUT2D eigenvalue weighted by Gasteiger charge is -2.17. The molecule has 0 aromatic heterocycles. The predicted octanol–water partition coefficient (Wildman–Crippen LogP) is 2.79. The van der Waals surface area contributed by atoms with Crippen molar-refractivity contribution in [3.8, 4) is 0 Å². The fourth-order valence-corrected chi connectivity index (χ4v) is 1.77. The maximum atomic E-state index is 7.54. The highest BCUT2D eigenvalue weighted by Gasteiger charge is 2.21. The smallest absolute Gasteiger partial charge is 0.173 e. The van der Waals surface area contributed by atoms with E-state index in [9.17, 15) is 0 Å². The van der Waals surface area contributed by atoms with E-state index < -0.39 is 0 Å². The van der Waals surface area contributed by atoms with Gasteiger partial charge in [0.1, 0.15) is 0 Å². The molecule has 13 heavy (non-hydrogen) atoms. The van der Waals surface area contributed by atoms with Crippen molar-refractivity contribution in [1.82, 2.24) is 0 Å². The van der Waals surface area contributed by atoms with E-state index in [1.807, 2.05) is 13.8 Å². The van der Waals surface area contributed by atoms with E-state index in [0.29, 0.717) is 17.4 Å². The Kier molecular flexibility index (Phi) is 5.99. The van der Waals surface area contributed by atoms with Gasteiger partial charge in [-0.3, -0.25) is 0 Å². The van der Waals surface area contributed by atoms with Crippen molar-refractivity contribution in [2.75, 3.05) is 6.61 Å². The Bertz CT molecular complexity index is 226. The quantitative estimate of drug-likeness (QED) is 0.568. The summed E-state index contributed by atoms with van der Waals surface area (Å²) >= 11 is 10.2. The highest BCUT2D eigenvalue weighted by atomic mass is 32.1. The molecule has 1 atom stereocenters. The van der Waals surface area contributed by atoms with Gasteiger partial charge in [-0.25, -0.2) is 0 Å². The van der Waals surface area contributed by atoms with Crippen molar-refractivity contribution >= 4 is 40.1 Å². The van der Waals surface area contributed by atoms with Crippen LogP contribution in [0, 0.1) is 11.3 Å². The van der Waals surface area contributed by atoms with Gasteiger partial charge in [0, 0.05) is 10.6 Å². The van der Waals surface area contributed by atoms with Crippen LogP contribution >= 0.6 is 24.4 Å². The SMILES string of the molecule is CCOC(=S)C(C(C)=N)C(=S)CC. The fraction of sp³-hybridized carbons (Fsp3) is 0.667. The van der Waals surface area contributed by atoms with Gasteiger partial charge < -0.3 is 10.1 Å². The van der Waals surface area contributed by atoms with E-state index in [-0.39, 0.29) is 5.92 Å². The minimum atomic E-state index is -0.255. The summed E-state index contributed by atoms with van der Waals surface area (Å²) in [5, 5.41) is 7.97. The molecule has 0 aliphatic heterocycles. The Morgan fingerprint density at radius 2 is 1.92 bits per heavy atom. The van der Waals surface area contributed by atoms with Crippen LogP contribution in [0.3, 0.4) is 0 Å². The molecule has 0 saturated carbocycles. The normalized spacial score (nSPS) is 11.9. The van der Waals surface area contributed by atoms with E-state index >= 15 is 0 Å². The van der Waals surface area contributed by atoms with E-state index in [0.717, 1.165) is 11.3 Å². The third-order valence-corrected chi connectivity index (χ3v) is 2.50. The summed E-state index contributed by atoms with van der Waals surface area (Å²) in [6.45, 7) is 6.08. The molecule has 2 nitrogen and oxygen atoms in total. The topological polar surface area (TPSA) is 33.1 Å². The fourth-order valence-electron chi connectivity index (χ4n) is 0.979. The van der Waals surface area contributed by atoms with E-state index in [4.69, 9.17) is 34.6 Å². The van der Waals surface area contributed by atoms with Gasteiger partial charge in [-0.05, 0) is 32.5 Å². The zero-order valence-corrected chi connectivity index (χ0v) is 9.85. The van der Waals surface area contributed by atoms with Gasteiger partial charge in [-0.2, -0.15) is 0 Å². The van der Waals surface area contributed by atoms with Gasteiger partial charge in [0.05, 0.1) is 12.5 Å². The number of nitrogens with one attached hydrogen (secondary N) is 1.